The number of carbonyl (C=O) groups excluding carboxylic acids is 1. The predicted molar refractivity (Wildman–Crippen MR) is 80.3 cm³/mol. The van der Waals surface area contributed by atoms with Gasteiger partial charge >= 0.3 is 0 Å². The Bertz CT molecular complexity index is 799. The molecule has 0 spiro atoms. The summed E-state index contributed by atoms with van der Waals surface area (Å²) in [6, 6.07) is 1.81. The van der Waals surface area contributed by atoms with Gasteiger partial charge in [-0.05, 0) is 19.9 Å². The van der Waals surface area contributed by atoms with Crippen molar-refractivity contribution in [2.75, 3.05) is 5.32 Å². The summed E-state index contributed by atoms with van der Waals surface area (Å²) in [6.45, 7) is 3.73. The monoisotopic (exact) mass is 302 g/mol. The number of nitrogens with zero attached hydrogens (tertiary/aromatic N) is 4. The van der Waals surface area contributed by atoms with Crippen LogP contribution in [0.25, 0.3) is 11.3 Å². The van der Waals surface area contributed by atoms with Gasteiger partial charge in [0.25, 0.3) is 5.91 Å². The first-order chi connectivity index (χ1) is 10.0. The van der Waals surface area contributed by atoms with Gasteiger partial charge in [0.15, 0.2) is 0 Å². The van der Waals surface area contributed by atoms with E-state index in [4.69, 9.17) is 0 Å². The maximum atomic E-state index is 12.3. The third-order valence-corrected chi connectivity index (χ3v) is 3.75. The van der Waals surface area contributed by atoms with Gasteiger partial charge in [0.1, 0.15) is 11.5 Å². The molecular formula is C13H14N6OS. The molecule has 8 heteroatoms. The SMILES string of the molecule is Cc1nc(NC(=O)c2cc(-c3csc(C)n3)cn2C)n[nH]1. The van der Waals surface area contributed by atoms with E-state index in [1.165, 1.54) is 0 Å². The molecule has 7 nitrogen and oxygen atoms in total. The molecule has 3 rings (SSSR count). The second-order valence-electron chi connectivity index (χ2n) is 4.68. The third-order valence-electron chi connectivity index (χ3n) is 2.97. The molecule has 0 saturated heterocycles. The Morgan fingerprint density at radius 1 is 1.38 bits per heavy atom. The molecule has 3 heterocycles. The normalized spacial score (nSPS) is 10.8. The van der Waals surface area contributed by atoms with Crippen LogP contribution in [0.3, 0.4) is 0 Å². The second kappa shape index (κ2) is 5.13. The van der Waals surface area contributed by atoms with Gasteiger partial charge in [0.2, 0.25) is 5.95 Å². The molecule has 1 amide bonds. The molecule has 0 aliphatic carbocycles. The zero-order valence-corrected chi connectivity index (χ0v) is 12.7. The van der Waals surface area contributed by atoms with Crippen LogP contribution in [-0.2, 0) is 7.05 Å². The fraction of sp³-hybridized carbons (Fsp3) is 0.231. The topological polar surface area (TPSA) is 88.5 Å². The predicted octanol–water partition coefficient (Wildman–Crippen LogP) is 2.14. The van der Waals surface area contributed by atoms with Crippen molar-refractivity contribution in [3.8, 4) is 11.3 Å². The van der Waals surface area contributed by atoms with Crippen LogP contribution in [0, 0.1) is 13.8 Å². The highest BCUT2D eigenvalue weighted by Gasteiger charge is 2.15. The molecule has 0 unspecified atom stereocenters. The molecule has 0 saturated carbocycles. The molecule has 21 heavy (non-hydrogen) atoms. The van der Waals surface area contributed by atoms with E-state index in [1.54, 1.807) is 22.8 Å². The number of hydrogen-bond donors (Lipinski definition) is 2. The standard InChI is InChI=1S/C13H14N6OS/c1-7-14-13(18-17-7)16-12(20)11-4-9(5-19(11)3)10-6-21-8(2)15-10/h4-6H,1-3H3,(H2,14,16,17,18,20). The van der Waals surface area contributed by atoms with E-state index in [0.717, 1.165) is 16.3 Å². The number of amides is 1. The molecule has 0 radical (unpaired) electrons. The zero-order valence-electron chi connectivity index (χ0n) is 11.8. The number of hydrogen-bond acceptors (Lipinski definition) is 5. The summed E-state index contributed by atoms with van der Waals surface area (Å²) >= 11 is 1.58. The van der Waals surface area contributed by atoms with Gasteiger partial charge < -0.3 is 4.57 Å². The maximum Gasteiger partial charge on any atom is 0.274 e. The van der Waals surface area contributed by atoms with Crippen molar-refractivity contribution in [2.45, 2.75) is 13.8 Å². The van der Waals surface area contributed by atoms with Gasteiger partial charge in [-0.25, -0.2) is 4.98 Å². The minimum atomic E-state index is -0.255. The van der Waals surface area contributed by atoms with Crippen LogP contribution in [0.2, 0.25) is 0 Å². The van der Waals surface area contributed by atoms with Crippen molar-refractivity contribution in [1.82, 2.24) is 24.7 Å². The Kier molecular flexibility index (Phi) is 3.30. The lowest BCUT2D eigenvalue weighted by Gasteiger charge is -2.01. The van der Waals surface area contributed by atoms with Crippen LogP contribution in [-0.4, -0.2) is 30.6 Å². The molecule has 0 aliphatic heterocycles. The fourth-order valence-corrected chi connectivity index (χ4v) is 2.61. The van der Waals surface area contributed by atoms with Crippen LogP contribution >= 0.6 is 11.3 Å². The molecular weight excluding hydrogens is 288 g/mol. The summed E-state index contributed by atoms with van der Waals surface area (Å²) in [7, 11) is 1.82. The number of anilines is 1. The number of aromatic nitrogens is 5. The van der Waals surface area contributed by atoms with Crippen molar-refractivity contribution in [2.24, 2.45) is 7.05 Å². The largest absolute Gasteiger partial charge is 0.346 e. The Balaban J connectivity index is 1.85. The second-order valence-corrected chi connectivity index (χ2v) is 5.74. The molecule has 0 aromatic carbocycles. The summed E-state index contributed by atoms with van der Waals surface area (Å²) in [5, 5.41) is 12.2. The third kappa shape index (κ3) is 2.70. The number of aryl methyl sites for hydroxylation is 3. The lowest BCUT2D eigenvalue weighted by Crippen LogP contribution is -2.16. The Morgan fingerprint density at radius 3 is 2.81 bits per heavy atom. The van der Waals surface area contributed by atoms with E-state index in [-0.39, 0.29) is 11.9 Å². The summed E-state index contributed by atoms with van der Waals surface area (Å²) < 4.78 is 1.76. The molecule has 3 aromatic heterocycles. The van der Waals surface area contributed by atoms with Crippen LogP contribution in [0.4, 0.5) is 5.95 Å². The summed E-state index contributed by atoms with van der Waals surface area (Å²) in [4.78, 5) is 20.7. The average molecular weight is 302 g/mol. The molecule has 0 bridgehead atoms. The van der Waals surface area contributed by atoms with Crippen molar-refractivity contribution >= 4 is 23.2 Å². The average Bonchev–Trinajstić information content (AvgIpc) is 3.11. The number of rotatable bonds is 3. The highest BCUT2D eigenvalue weighted by molar-refractivity contribution is 7.09. The van der Waals surface area contributed by atoms with Gasteiger partial charge in [-0.1, -0.05) is 0 Å². The Morgan fingerprint density at radius 2 is 2.19 bits per heavy atom. The fourth-order valence-electron chi connectivity index (χ4n) is 1.99. The van der Waals surface area contributed by atoms with Gasteiger partial charge in [-0.2, -0.15) is 4.98 Å². The van der Waals surface area contributed by atoms with Crippen LogP contribution < -0.4 is 5.32 Å². The van der Waals surface area contributed by atoms with Crippen molar-refractivity contribution in [3.63, 3.8) is 0 Å². The van der Waals surface area contributed by atoms with Crippen LogP contribution in [0.15, 0.2) is 17.6 Å². The van der Waals surface area contributed by atoms with E-state index < -0.39 is 0 Å². The van der Waals surface area contributed by atoms with Gasteiger partial charge in [-0.15, -0.1) is 16.4 Å². The molecule has 0 atom stereocenters. The number of carbonyl (C=O) groups is 1. The maximum absolute atomic E-state index is 12.3. The first-order valence-electron chi connectivity index (χ1n) is 6.32. The van der Waals surface area contributed by atoms with E-state index >= 15 is 0 Å². The molecule has 3 aromatic rings. The lowest BCUT2D eigenvalue weighted by atomic mass is 10.2. The molecule has 0 aliphatic rings. The number of aromatic amines is 1. The smallest absolute Gasteiger partial charge is 0.274 e. The Labute approximate surface area is 125 Å². The number of nitrogens with one attached hydrogen (secondary N) is 2. The minimum Gasteiger partial charge on any atom is -0.346 e. The summed E-state index contributed by atoms with van der Waals surface area (Å²) in [6.07, 6.45) is 1.88. The van der Waals surface area contributed by atoms with Crippen molar-refractivity contribution < 1.29 is 4.79 Å². The van der Waals surface area contributed by atoms with E-state index in [9.17, 15) is 4.79 Å². The lowest BCUT2D eigenvalue weighted by molar-refractivity contribution is 0.101. The first kappa shape index (κ1) is 13.5. The molecule has 2 N–H and O–H groups in total. The first-order valence-corrected chi connectivity index (χ1v) is 7.20. The zero-order chi connectivity index (χ0) is 15.0. The van der Waals surface area contributed by atoms with E-state index in [1.807, 2.05) is 31.6 Å². The van der Waals surface area contributed by atoms with Gasteiger partial charge in [-0.3, -0.25) is 15.2 Å². The molecule has 108 valence electrons. The number of H-pyrrole nitrogens is 1. The van der Waals surface area contributed by atoms with E-state index in [0.29, 0.717) is 11.5 Å². The van der Waals surface area contributed by atoms with Crippen LogP contribution in [0.5, 0.6) is 0 Å². The number of thiazole rings is 1. The van der Waals surface area contributed by atoms with Gasteiger partial charge in [0, 0.05) is 24.2 Å². The highest BCUT2D eigenvalue weighted by atomic mass is 32.1. The summed E-state index contributed by atoms with van der Waals surface area (Å²) in [5.41, 5.74) is 2.32. The summed E-state index contributed by atoms with van der Waals surface area (Å²) in [5.74, 6) is 0.662. The minimum absolute atomic E-state index is 0.255. The molecule has 0 fully saturated rings. The highest BCUT2D eigenvalue weighted by Crippen LogP contribution is 2.23. The quantitative estimate of drug-likeness (QED) is 0.775. The van der Waals surface area contributed by atoms with E-state index in [2.05, 4.69) is 25.5 Å². The van der Waals surface area contributed by atoms with Crippen LogP contribution in [0.1, 0.15) is 21.3 Å². The Hall–Kier alpha value is -2.48. The van der Waals surface area contributed by atoms with Crippen molar-refractivity contribution in [1.29, 1.82) is 0 Å². The van der Waals surface area contributed by atoms with Gasteiger partial charge in [0.05, 0.1) is 10.7 Å². The van der Waals surface area contributed by atoms with Crippen molar-refractivity contribution in [3.05, 3.63) is 34.2 Å².